The number of hydrogen-bond donors (Lipinski definition) is 0. The van der Waals surface area contributed by atoms with Crippen molar-refractivity contribution < 1.29 is 4.79 Å². The third kappa shape index (κ3) is 2.53. The van der Waals surface area contributed by atoms with E-state index in [4.69, 9.17) is 11.6 Å². The molecule has 2 aromatic carbocycles. The first-order valence-corrected chi connectivity index (χ1v) is 7.04. The minimum absolute atomic E-state index is 0.579. The number of benzene rings is 2. The topological polar surface area (TPSA) is 30.0 Å². The molecule has 0 saturated heterocycles. The lowest BCUT2D eigenvalue weighted by molar-refractivity contribution is 0.112. The first-order valence-electron chi connectivity index (χ1n) is 5.84. The largest absolute Gasteiger partial charge is 0.298 e. The maximum atomic E-state index is 11.1. The first kappa shape index (κ1) is 12.3. The Labute approximate surface area is 119 Å². The Morgan fingerprint density at radius 2 is 2.05 bits per heavy atom. The van der Waals surface area contributed by atoms with Gasteiger partial charge in [-0.2, -0.15) is 0 Å². The number of aldehydes is 1. The lowest BCUT2D eigenvalue weighted by Crippen LogP contribution is -1.94. The van der Waals surface area contributed by atoms with Crippen molar-refractivity contribution in [3.8, 4) is 0 Å². The minimum Gasteiger partial charge on any atom is -0.298 e. The normalized spacial score (nSPS) is 10.8. The second kappa shape index (κ2) is 5.11. The highest BCUT2D eigenvalue weighted by molar-refractivity contribution is 7.18. The van der Waals surface area contributed by atoms with E-state index < -0.39 is 0 Å². The molecule has 0 aliphatic carbocycles. The molecule has 0 spiro atoms. The fourth-order valence-corrected chi connectivity index (χ4v) is 3.17. The molecule has 0 saturated carbocycles. The molecule has 0 bridgehead atoms. The van der Waals surface area contributed by atoms with Crippen LogP contribution in [0, 0.1) is 0 Å². The highest BCUT2D eigenvalue weighted by Crippen LogP contribution is 2.25. The van der Waals surface area contributed by atoms with Crippen LogP contribution in [0.3, 0.4) is 0 Å². The Balaban J connectivity index is 1.98. The Hall–Kier alpha value is -1.71. The monoisotopic (exact) mass is 287 g/mol. The zero-order valence-corrected chi connectivity index (χ0v) is 11.5. The van der Waals surface area contributed by atoms with Crippen molar-refractivity contribution in [1.82, 2.24) is 4.98 Å². The molecule has 4 heteroatoms. The van der Waals surface area contributed by atoms with Crippen molar-refractivity contribution in [3.63, 3.8) is 0 Å². The summed E-state index contributed by atoms with van der Waals surface area (Å²) in [5.74, 6) is 0. The van der Waals surface area contributed by atoms with Crippen molar-refractivity contribution >= 4 is 39.4 Å². The van der Waals surface area contributed by atoms with Gasteiger partial charge in [-0.25, -0.2) is 4.98 Å². The first-order chi connectivity index (χ1) is 9.26. The number of thiazole rings is 1. The molecule has 0 amide bonds. The van der Waals surface area contributed by atoms with Gasteiger partial charge in [-0.05, 0) is 29.8 Å². The third-order valence-electron chi connectivity index (χ3n) is 2.91. The summed E-state index contributed by atoms with van der Waals surface area (Å²) in [4.78, 5) is 15.6. The van der Waals surface area contributed by atoms with Crippen LogP contribution >= 0.6 is 22.9 Å². The van der Waals surface area contributed by atoms with Gasteiger partial charge in [-0.15, -0.1) is 11.3 Å². The number of nitrogens with zero attached hydrogens (tertiary/aromatic N) is 1. The smallest absolute Gasteiger partial charge is 0.150 e. The fraction of sp³-hybridized carbons (Fsp3) is 0.0667. The van der Waals surface area contributed by atoms with Crippen LogP contribution in [0.2, 0.25) is 5.02 Å². The number of fused-ring (bicyclic) bond motifs is 1. The number of halogens is 1. The highest BCUT2D eigenvalue weighted by atomic mass is 35.5. The lowest BCUT2D eigenvalue weighted by Gasteiger charge is -2.02. The number of carbonyl (C=O) groups is 1. The summed E-state index contributed by atoms with van der Waals surface area (Å²) in [7, 11) is 0. The number of aromatic nitrogens is 1. The molecular weight excluding hydrogens is 278 g/mol. The van der Waals surface area contributed by atoms with Gasteiger partial charge in [0.05, 0.1) is 15.2 Å². The van der Waals surface area contributed by atoms with Crippen LogP contribution in [0.25, 0.3) is 10.2 Å². The van der Waals surface area contributed by atoms with Crippen molar-refractivity contribution in [2.45, 2.75) is 6.42 Å². The van der Waals surface area contributed by atoms with E-state index in [0.717, 1.165) is 22.4 Å². The zero-order valence-electron chi connectivity index (χ0n) is 9.97. The molecule has 1 aromatic heterocycles. The summed E-state index contributed by atoms with van der Waals surface area (Å²) in [5.41, 5.74) is 2.59. The van der Waals surface area contributed by atoms with Crippen LogP contribution in [0.15, 0.2) is 42.5 Å². The van der Waals surface area contributed by atoms with Gasteiger partial charge in [0, 0.05) is 17.0 Å². The van der Waals surface area contributed by atoms with Crippen LogP contribution in [-0.4, -0.2) is 11.3 Å². The number of para-hydroxylation sites is 1. The molecule has 2 nitrogen and oxygen atoms in total. The molecule has 0 N–H and O–H groups in total. The van der Waals surface area contributed by atoms with Gasteiger partial charge in [0.15, 0.2) is 0 Å². The van der Waals surface area contributed by atoms with Crippen LogP contribution in [-0.2, 0) is 6.42 Å². The van der Waals surface area contributed by atoms with Gasteiger partial charge in [0.2, 0.25) is 0 Å². The third-order valence-corrected chi connectivity index (χ3v) is 4.19. The maximum absolute atomic E-state index is 11.1. The van der Waals surface area contributed by atoms with E-state index in [-0.39, 0.29) is 0 Å². The summed E-state index contributed by atoms with van der Waals surface area (Å²) in [6, 6.07) is 13.4. The summed E-state index contributed by atoms with van der Waals surface area (Å²) in [6.07, 6.45) is 1.50. The van der Waals surface area contributed by atoms with Crippen molar-refractivity contribution in [2.75, 3.05) is 0 Å². The van der Waals surface area contributed by atoms with E-state index in [1.807, 2.05) is 24.3 Å². The number of hydrogen-bond acceptors (Lipinski definition) is 3. The van der Waals surface area contributed by atoms with E-state index in [0.29, 0.717) is 17.0 Å². The van der Waals surface area contributed by atoms with Crippen molar-refractivity contribution in [3.05, 3.63) is 63.6 Å². The van der Waals surface area contributed by atoms with Gasteiger partial charge >= 0.3 is 0 Å². The van der Waals surface area contributed by atoms with E-state index in [9.17, 15) is 4.79 Å². The molecular formula is C15H10ClNOS. The van der Waals surface area contributed by atoms with Gasteiger partial charge in [-0.1, -0.05) is 29.8 Å². The second-order valence-electron chi connectivity index (χ2n) is 4.21. The number of carbonyl (C=O) groups excluding carboxylic acids is 1. The molecule has 0 aliphatic rings. The molecule has 0 atom stereocenters. The Bertz CT molecular complexity index is 718. The predicted octanol–water partition coefficient (Wildman–Crippen LogP) is 4.35. The average Bonchev–Trinajstić information content (AvgIpc) is 2.83. The predicted molar refractivity (Wildman–Crippen MR) is 79.3 cm³/mol. The van der Waals surface area contributed by atoms with Crippen molar-refractivity contribution in [1.29, 1.82) is 0 Å². The molecule has 94 valence electrons. The van der Waals surface area contributed by atoms with E-state index in [1.165, 1.54) is 4.70 Å². The summed E-state index contributed by atoms with van der Waals surface area (Å²) in [6.45, 7) is 0. The highest BCUT2D eigenvalue weighted by Gasteiger charge is 2.08. The molecule has 1 heterocycles. The molecule has 0 aliphatic heterocycles. The molecule has 19 heavy (non-hydrogen) atoms. The van der Waals surface area contributed by atoms with Gasteiger partial charge in [0.25, 0.3) is 0 Å². The van der Waals surface area contributed by atoms with E-state index >= 15 is 0 Å². The van der Waals surface area contributed by atoms with Gasteiger partial charge in [0.1, 0.15) is 6.29 Å². The molecule has 3 aromatic rings. The van der Waals surface area contributed by atoms with Crippen LogP contribution < -0.4 is 0 Å². The fourth-order valence-electron chi connectivity index (χ4n) is 1.99. The summed E-state index contributed by atoms with van der Waals surface area (Å²) < 4.78 is 1.17. The minimum atomic E-state index is 0.579. The quantitative estimate of drug-likeness (QED) is 0.670. The summed E-state index contributed by atoms with van der Waals surface area (Å²) in [5, 5.41) is 1.58. The molecule has 3 rings (SSSR count). The molecule has 0 fully saturated rings. The maximum Gasteiger partial charge on any atom is 0.150 e. The lowest BCUT2D eigenvalue weighted by atomic mass is 10.1. The standard InChI is InChI=1S/C15H10ClNOS/c16-12-6-5-10(11(7-12)9-18)8-15-17-13-3-1-2-4-14(13)19-15/h1-7,9H,8H2. The van der Waals surface area contributed by atoms with Crippen LogP contribution in [0.5, 0.6) is 0 Å². The van der Waals surface area contributed by atoms with E-state index in [2.05, 4.69) is 11.1 Å². The Morgan fingerprint density at radius 3 is 2.84 bits per heavy atom. The average molecular weight is 288 g/mol. The van der Waals surface area contributed by atoms with Crippen LogP contribution in [0.4, 0.5) is 0 Å². The van der Waals surface area contributed by atoms with Crippen molar-refractivity contribution in [2.24, 2.45) is 0 Å². The van der Waals surface area contributed by atoms with Crippen LogP contribution in [0.1, 0.15) is 20.9 Å². The number of rotatable bonds is 3. The molecule has 0 radical (unpaired) electrons. The SMILES string of the molecule is O=Cc1cc(Cl)ccc1Cc1nc2ccccc2s1. The second-order valence-corrected chi connectivity index (χ2v) is 5.76. The Kier molecular flexibility index (Phi) is 3.32. The Morgan fingerprint density at radius 1 is 1.21 bits per heavy atom. The van der Waals surface area contributed by atoms with E-state index in [1.54, 1.807) is 23.5 Å². The summed E-state index contributed by atoms with van der Waals surface area (Å²) >= 11 is 7.55. The molecule has 0 unspecified atom stereocenters. The van der Waals surface area contributed by atoms with Gasteiger partial charge in [-0.3, -0.25) is 4.79 Å². The zero-order chi connectivity index (χ0) is 13.2. The van der Waals surface area contributed by atoms with Gasteiger partial charge < -0.3 is 0 Å².